The number of para-hydroxylation sites is 1. The number of hydrogen-bond donors (Lipinski definition) is 2. The van der Waals surface area contributed by atoms with Crippen molar-refractivity contribution in [2.45, 2.75) is 6.92 Å². The Kier molecular flexibility index (Phi) is 6.56. The zero-order valence-electron chi connectivity index (χ0n) is 18.5. The van der Waals surface area contributed by atoms with Crippen molar-refractivity contribution in [2.75, 3.05) is 19.0 Å². The Hall–Kier alpha value is -4.30. The van der Waals surface area contributed by atoms with Crippen LogP contribution in [0.15, 0.2) is 78.2 Å². The number of nitrogens with one attached hydrogen (secondary N) is 1. The lowest BCUT2D eigenvalue weighted by Crippen LogP contribution is -2.20. The number of benzene rings is 3. The molecule has 3 aromatic carbocycles. The van der Waals surface area contributed by atoms with Crippen molar-refractivity contribution < 1.29 is 14.2 Å². The van der Waals surface area contributed by atoms with Gasteiger partial charge < -0.3 is 20.5 Å². The summed E-state index contributed by atoms with van der Waals surface area (Å²) in [6.07, 6.45) is 1.53. The van der Waals surface area contributed by atoms with Crippen LogP contribution in [0.4, 0.5) is 17.2 Å². The summed E-state index contributed by atoms with van der Waals surface area (Å²) in [7, 11) is 1.56. The minimum atomic E-state index is 0.221. The molecule has 4 aromatic rings. The number of rotatable bonds is 8. The van der Waals surface area contributed by atoms with Crippen LogP contribution < -0.4 is 15.8 Å². The van der Waals surface area contributed by atoms with Crippen molar-refractivity contribution in [3.05, 3.63) is 78.6 Å². The molecule has 0 aliphatic heterocycles. The molecule has 0 amide bonds. The van der Waals surface area contributed by atoms with Crippen LogP contribution in [-0.2, 0) is 4.74 Å². The van der Waals surface area contributed by atoms with Gasteiger partial charge in [0.2, 0.25) is 5.69 Å². The Bertz CT molecular complexity index is 1320. The van der Waals surface area contributed by atoms with Crippen LogP contribution in [0.2, 0.25) is 0 Å². The zero-order chi connectivity index (χ0) is 23.2. The van der Waals surface area contributed by atoms with Gasteiger partial charge in [-0.3, -0.25) is 0 Å². The van der Waals surface area contributed by atoms with Crippen LogP contribution in [0, 0.1) is 6.92 Å². The lowest BCUT2D eigenvalue weighted by atomic mass is 10.1. The minimum Gasteiger partial charge on any atom is -0.457 e. The van der Waals surface area contributed by atoms with Crippen molar-refractivity contribution in [1.82, 2.24) is 9.97 Å². The first kappa shape index (κ1) is 21.9. The molecule has 33 heavy (non-hydrogen) atoms. The third-order valence-electron chi connectivity index (χ3n) is 4.87. The average molecular weight is 442 g/mol. The maximum atomic E-state index is 5.98. The van der Waals surface area contributed by atoms with E-state index < -0.39 is 0 Å². The fourth-order valence-electron chi connectivity index (χ4n) is 3.29. The summed E-state index contributed by atoms with van der Waals surface area (Å²) in [5.74, 6) is 2.58. The summed E-state index contributed by atoms with van der Waals surface area (Å²) in [6, 6.07) is 21.3. The fourth-order valence-corrected chi connectivity index (χ4v) is 3.29. The van der Waals surface area contributed by atoms with Gasteiger partial charge in [0.05, 0.1) is 5.52 Å². The predicted octanol–water partition coefficient (Wildman–Crippen LogP) is 4.74. The lowest BCUT2D eigenvalue weighted by molar-refractivity contribution is -0.436. The van der Waals surface area contributed by atoms with Gasteiger partial charge in [0.15, 0.2) is 12.6 Å². The van der Waals surface area contributed by atoms with Gasteiger partial charge in [0.1, 0.15) is 30.3 Å². The number of anilines is 2. The van der Waals surface area contributed by atoms with Crippen LogP contribution in [0.25, 0.3) is 10.9 Å². The third-order valence-corrected chi connectivity index (χ3v) is 4.87. The molecule has 1 aromatic heterocycles. The lowest BCUT2D eigenvalue weighted by Gasteiger charge is -2.12. The van der Waals surface area contributed by atoms with Gasteiger partial charge in [0, 0.05) is 35.4 Å². The molecule has 166 valence electrons. The van der Waals surface area contributed by atoms with Crippen molar-refractivity contribution in [1.29, 1.82) is 0 Å². The van der Waals surface area contributed by atoms with Gasteiger partial charge in [-0.05, 0) is 48.9 Å². The quantitative estimate of drug-likeness (QED) is 0.177. The van der Waals surface area contributed by atoms with Crippen LogP contribution in [0.3, 0.4) is 0 Å². The third kappa shape index (κ3) is 5.31. The first-order valence-electron chi connectivity index (χ1n) is 10.3. The Morgan fingerprint density at radius 3 is 2.67 bits per heavy atom. The van der Waals surface area contributed by atoms with Crippen molar-refractivity contribution in [3.63, 3.8) is 0 Å². The molecule has 0 fully saturated rings. The van der Waals surface area contributed by atoms with E-state index in [2.05, 4.69) is 27.1 Å². The number of aryl methyl sites for hydroxylation is 1. The van der Waals surface area contributed by atoms with E-state index in [0.717, 1.165) is 39.3 Å². The van der Waals surface area contributed by atoms with Gasteiger partial charge in [-0.1, -0.05) is 22.9 Å². The number of nitrogens with zero attached hydrogens (tertiary/aromatic N) is 4. The Morgan fingerprint density at radius 1 is 1.09 bits per heavy atom. The molecular weight excluding hydrogens is 416 g/mol. The summed E-state index contributed by atoms with van der Waals surface area (Å²) < 4.78 is 12.4. The molecule has 0 radical (unpaired) electrons. The van der Waals surface area contributed by atoms with E-state index in [1.54, 1.807) is 7.11 Å². The second-order valence-corrected chi connectivity index (χ2v) is 7.37. The van der Waals surface area contributed by atoms with E-state index in [1.807, 2.05) is 73.7 Å². The molecule has 3 N–H and O–H groups in total. The summed E-state index contributed by atoms with van der Waals surface area (Å²) in [4.78, 5) is 8.80. The minimum absolute atomic E-state index is 0.221. The summed E-state index contributed by atoms with van der Waals surface area (Å²) in [5.41, 5.74) is 9.24. The zero-order valence-corrected chi connectivity index (χ0v) is 18.5. The van der Waals surface area contributed by atoms with Gasteiger partial charge >= 0.3 is 0 Å². The number of fused-ring (bicyclic) bond motifs is 1. The first-order chi connectivity index (χ1) is 16.0. The number of amidine groups is 1. The van der Waals surface area contributed by atoms with Gasteiger partial charge in [0.25, 0.3) is 0 Å². The van der Waals surface area contributed by atoms with Gasteiger partial charge in [-0.15, -0.1) is 0 Å². The molecule has 4 rings (SSSR count). The molecule has 0 atom stereocenters. The summed E-state index contributed by atoms with van der Waals surface area (Å²) >= 11 is 0. The van der Waals surface area contributed by atoms with E-state index in [-0.39, 0.29) is 6.61 Å². The highest BCUT2D eigenvalue weighted by molar-refractivity contribution is 5.92. The van der Waals surface area contributed by atoms with E-state index in [1.165, 1.54) is 11.0 Å². The molecule has 0 spiro atoms. The Balaban J connectivity index is 1.60. The van der Waals surface area contributed by atoms with Crippen LogP contribution in [-0.4, -0.2) is 40.9 Å². The average Bonchev–Trinajstić information content (AvgIpc) is 2.81. The van der Waals surface area contributed by atoms with Gasteiger partial charge in [-0.25, -0.2) is 9.97 Å². The summed E-state index contributed by atoms with van der Waals surface area (Å²) in [6.45, 7) is 6.17. The Labute approximate surface area is 192 Å². The van der Waals surface area contributed by atoms with Crippen LogP contribution in [0.1, 0.15) is 5.56 Å². The van der Waals surface area contributed by atoms with Gasteiger partial charge in [-0.2, -0.15) is 0 Å². The Morgan fingerprint density at radius 2 is 1.91 bits per heavy atom. The normalized spacial score (nSPS) is 11.4. The molecular formula is C25H25N6O2+. The van der Waals surface area contributed by atoms with E-state index in [0.29, 0.717) is 11.7 Å². The monoisotopic (exact) mass is 441 g/mol. The highest BCUT2D eigenvalue weighted by Crippen LogP contribution is 2.30. The predicted molar refractivity (Wildman–Crippen MR) is 131 cm³/mol. The number of aromatic nitrogens is 2. The molecule has 0 saturated heterocycles. The fraction of sp³-hybridized carbons (Fsp3) is 0.120. The molecule has 0 aliphatic carbocycles. The number of hydrazone groups is 1. The standard InChI is InChI=1S/C25H25N6O2/c1-17-13-18(9-12-23(17)33-20-7-5-4-6-8-20)29-25-21-14-19(10-11-22(21)27-16-28-25)31(2)30-24(26)15-32-3/h4-14,16H,2,15H2,1,3H3,(H2,26,30)(H,27,28,29)/q+1. The number of methoxy groups -OCH3 is 1. The molecule has 0 saturated carbocycles. The number of ether oxygens (including phenoxy) is 2. The first-order valence-corrected chi connectivity index (χ1v) is 10.3. The SMILES string of the molecule is C=[N+](N=C(N)COC)c1ccc2ncnc(Nc3ccc(Oc4ccccc4)c(C)c3)c2c1. The molecule has 0 aliphatic rings. The molecule has 0 bridgehead atoms. The maximum absolute atomic E-state index is 5.98. The van der Waals surface area contributed by atoms with E-state index in [4.69, 9.17) is 15.2 Å². The summed E-state index contributed by atoms with van der Waals surface area (Å²) in [5, 5.41) is 8.43. The molecule has 8 nitrogen and oxygen atoms in total. The van der Waals surface area contributed by atoms with Crippen molar-refractivity contribution in [2.24, 2.45) is 10.8 Å². The molecule has 1 heterocycles. The topological polar surface area (TPSA) is 97.7 Å². The van der Waals surface area contributed by atoms with E-state index >= 15 is 0 Å². The molecule has 8 heteroatoms. The van der Waals surface area contributed by atoms with Crippen LogP contribution in [0.5, 0.6) is 11.5 Å². The second kappa shape index (κ2) is 9.88. The second-order valence-electron chi connectivity index (χ2n) is 7.37. The molecule has 0 unspecified atom stereocenters. The highest BCUT2D eigenvalue weighted by atomic mass is 16.5. The maximum Gasteiger partial charge on any atom is 0.238 e. The number of nitrogens with two attached hydrogens (primary N) is 1. The largest absolute Gasteiger partial charge is 0.457 e. The smallest absolute Gasteiger partial charge is 0.238 e. The van der Waals surface area contributed by atoms with Crippen molar-refractivity contribution in [3.8, 4) is 11.5 Å². The van der Waals surface area contributed by atoms with Crippen molar-refractivity contribution >= 4 is 40.6 Å². The number of hydrogen-bond acceptors (Lipinski definition) is 6. The van der Waals surface area contributed by atoms with E-state index in [9.17, 15) is 0 Å². The highest BCUT2D eigenvalue weighted by Gasteiger charge is 2.13. The van der Waals surface area contributed by atoms with Crippen LogP contribution >= 0.6 is 0 Å².